The summed E-state index contributed by atoms with van der Waals surface area (Å²) in [6.45, 7) is 4.13. The fourth-order valence-electron chi connectivity index (χ4n) is 4.21. The summed E-state index contributed by atoms with van der Waals surface area (Å²) in [5.74, 6) is -3.88. The Morgan fingerprint density at radius 1 is 1.26 bits per heavy atom. The molecule has 5 rings (SSSR count). The number of hydrogen-bond acceptors (Lipinski definition) is 5. The molecule has 9 nitrogen and oxygen atoms in total. The second kappa shape index (κ2) is 8.44. The summed E-state index contributed by atoms with van der Waals surface area (Å²) >= 11 is 0. The van der Waals surface area contributed by atoms with Gasteiger partial charge in [-0.25, -0.2) is 18.3 Å². The van der Waals surface area contributed by atoms with Crippen LogP contribution in [0, 0.1) is 11.8 Å². The molecular weight excluding hydrogens is 444 g/mol. The van der Waals surface area contributed by atoms with Gasteiger partial charge in [0.25, 0.3) is 11.8 Å². The molecule has 0 bridgehead atoms. The summed E-state index contributed by atoms with van der Waals surface area (Å²) in [5, 5.41) is 14.4. The largest absolute Gasteiger partial charge is 0.349 e. The van der Waals surface area contributed by atoms with Crippen LogP contribution in [0.25, 0.3) is 5.65 Å². The molecule has 2 N–H and O–H groups in total. The van der Waals surface area contributed by atoms with Crippen LogP contribution in [0.4, 0.5) is 8.78 Å². The Hall–Kier alpha value is -3.37. The minimum Gasteiger partial charge on any atom is -0.349 e. The van der Waals surface area contributed by atoms with E-state index in [4.69, 9.17) is 0 Å². The molecule has 180 valence electrons. The van der Waals surface area contributed by atoms with E-state index in [1.54, 1.807) is 33.9 Å². The van der Waals surface area contributed by atoms with Gasteiger partial charge in [-0.1, -0.05) is 0 Å². The first-order valence-electron chi connectivity index (χ1n) is 11.5. The quantitative estimate of drug-likeness (QED) is 0.499. The highest BCUT2D eigenvalue weighted by molar-refractivity contribution is 5.92. The van der Waals surface area contributed by atoms with Gasteiger partial charge in [0.05, 0.1) is 30.7 Å². The summed E-state index contributed by atoms with van der Waals surface area (Å²) in [5.41, 5.74) is 2.50. The zero-order valence-electron chi connectivity index (χ0n) is 19.0. The molecule has 2 unspecified atom stereocenters. The van der Waals surface area contributed by atoms with Crippen molar-refractivity contribution in [2.24, 2.45) is 11.8 Å². The minimum atomic E-state index is -2.71. The molecule has 3 aromatic heterocycles. The standard InChI is InChI=1S/C23H27F2N7O2/c1-13(2)32-18(5-6-27-32)22(34)26-11-17-12-31-19(29-17)7-15(10-28-31)21(14-3-4-14)30-20(33)8-16-9-23(16,24)25/h5-7,10,12-14,16,21H,3-4,8-9,11H2,1-2H3,(H,26,34)(H,30,33). The van der Waals surface area contributed by atoms with Crippen LogP contribution >= 0.6 is 0 Å². The van der Waals surface area contributed by atoms with Crippen LogP contribution in [0.2, 0.25) is 0 Å². The topological polar surface area (TPSA) is 106 Å². The number of fused-ring (bicyclic) bond motifs is 1. The number of amides is 2. The third kappa shape index (κ3) is 4.64. The predicted molar refractivity (Wildman–Crippen MR) is 118 cm³/mol. The lowest BCUT2D eigenvalue weighted by Gasteiger charge is -2.18. The summed E-state index contributed by atoms with van der Waals surface area (Å²) in [4.78, 5) is 29.5. The Morgan fingerprint density at radius 3 is 2.71 bits per heavy atom. The van der Waals surface area contributed by atoms with E-state index in [2.05, 4.69) is 25.8 Å². The fourth-order valence-corrected chi connectivity index (χ4v) is 4.21. The molecule has 0 aromatic carbocycles. The Bertz CT molecular complexity index is 1230. The zero-order valence-corrected chi connectivity index (χ0v) is 19.0. The first-order chi connectivity index (χ1) is 16.2. The van der Waals surface area contributed by atoms with Crippen molar-refractivity contribution in [2.75, 3.05) is 0 Å². The average molecular weight is 472 g/mol. The number of carbonyl (C=O) groups excluding carboxylic acids is 2. The number of halogens is 2. The SMILES string of the molecule is CC(C)n1nccc1C(=O)NCc1cn2ncc(C(NC(=O)CC3CC3(F)F)C3CC3)cc2n1. The maximum absolute atomic E-state index is 13.2. The van der Waals surface area contributed by atoms with Crippen LogP contribution in [-0.4, -0.2) is 42.1 Å². The van der Waals surface area contributed by atoms with E-state index < -0.39 is 11.8 Å². The van der Waals surface area contributed by atoms with E-state index in [0.717, 1.165) is 18.4 Å². The van der Waals surface area contributed by atoms with Crippen molar-refractivity contribution in [2.45, 2.75) is 64.1 Å². The van der Waals surface area contributed by atoms with Crippen molar-refractivity contribution in [1.82, 2.24) is 35.0 Å². The minimum absolute atomic E-state index is 0.0641. The van der Waals surface area contributed by atoms with E-state index in [9.17, 15) is 18.4 Å². The van der Waals surface area contributed by atoms with Gasteiger partial charge >= 0.3 is 0 Å². The maximum Gasteiger partial charge on any atom is 0.269 e. The van der Waals surface area contributed by atoms with Crippen molar-refractivity contribution in [1.29, 1.82) is 0 Å². The summed E-state index contributed by atoms with van der Waals surface area (Å²) in [6, 6.07) is 3.31. The molecule has 2 saturated carbocycles. The smallest absolute Gasteiger partial charge is 0.269 e. The molecule has 2 aliphatic rings. The second-order valence-corrected chi connectivity index (χ2v) is 9.51. The van der Waals surface area contributed by atoms with Gasteiger partial charge in [0.1, 0.15) is 5.69 Å². The third-order valence-corrected chi connectivity index (χ3v) is 6.37. The van der Waals surface area contributed by atoms with Crippen molar-refractivity contribution < 1.29 is 18.4 Å². The molecule has 2 fully saturated rings. The molecule has 34 heavy (non-hydrogen) atoms. The van der Waals surface area contributed by atoms with Crippen molar-refractivity contribution in [3.05, 3.63) is 47.7 Å². The van der Waals surface area contributed by atoms with Crippen LogP contribution < -0.4 is 10.6 Å². The molecular formula is C23H27F2N7O2. The zero-order chi connectivity index (χ0) is 24.0. The van der Waals surface area contributed by atoms with E-state index in [1.165, 1.54) is 0 Å². The molecule has 2 atom stereocenters. The van der Waals surface area contributed by atoms with E-state index >= 15 is 0 Å². The number of alkyl halides is 2. The normalized spacial score (nSPS) is 19.9. The maximum atomic E-state index is 13.2. The molecule has 0 saturated heterocycles. The average Bonchev–Trinajstić information content (AvgIpc) is 3.58. The fraction of sp³-hybridized carbons (Fsp3) is 0.522. The Morgan fingerprint density at radius 2 is 2.03 bits per heavy atom. The number of rotatable bonds is 9. The lowest BCUT2D eigenvalue weighted by atomic mass is 10.0. The lowest BCUT2D eigenvalue weighted by Crippen LogP contribution is -2.30. The van der Waals surface area contributed by atoms with Gasteiger partial charge in [0.2, 0.25) is 5.91 Å². The number of carbonyl (C=O) groups is 2. The predicted octanol–water partition coefficient (Wildman–Crippen LogP) is 3.05. The van der Waals surface area contributed by atoms with Gasteiger partial charge in [-0.15, -0.1) is 0 Å². The van der Waals surface area contributed by atoms with E-state index in [0.29, 0.717) is 17.0 Å². The summed E-state index contributed by atoms with van der Waals surface area (Å²) in [6.07, 6.45) is 6.57. The third-order valence-electron chi connectivity index (χ3n) is 6.37. The molecule has 3 aromatic rings. The summed E-state index contributed by atoms with van der Waals surface area (Å²) < 4.78 is 29.6. The van der Waals surface area contributed by atoms with Crippen molar-refractivity contribution >= 4 is 17.5 Å². The molecule has 0 spiro atoms. The van der Waals surface area contributed by atoms with Crippen LogP contribution in [-0.2, 0) is 11.3 Å². The number of hydrogen-bond donors (Lipinski definition) is 2. The van der Waals surface area contributed by atoms with Gasteiger partial charge < -0.3 is 10.6 Å². The monoisotopic (exact) mass is 471 g/mol. The Kier molecular flexibility index (Phi) is 5.57. The second-order valence-electron chi connectivity index (χ2n) is 9.51. The number of nitrogens with zero attached hydrogens (tertiary/aromatic N) is 5. The first-order valence-corrected chi connectivity index (χ1v) is 11.5. The van der Waals surface area contributed by atoms with Crippen LogP contribution in [0.3, 0.4) is 0 Å². The van der Waals surface area contributed by atoms with E-state index in [1.807, 2.05) is 19.9 Å². The molecule has 2 amide bonds. The lowest BCUT2D eigenvalue weighted by molar-refractivity contribution is -0.123. The molecule has 0 aliphatic heterocycles. The Labute approximate surface area is 194 Å². The van der Waals surface area contributed by atoms with Gasteiger partial charge in [-0.05, 0) is 50.3 Å². The van der Waals surface area contributed by atoms with Gasteiger partial charge in [0, 0.05) is 31.0 Å². The van der Waals surface area contributed by atoms with Gasteiger partial charge in [-0.3, -0.25) is 14.3 Å². The van der Waals surface area contributed by atoms with E-state index in [-0.39, 0.29) is 49.2 Å². The van der Waals surface area contributed by atoms with Gasteiger partial charge in [0.15, 0.2) is 5.65 Å². The highest BCUT2D eigenvalue weighted by atomic mass is 19.3. The molecule has 11 heteroatoms. The van der Waals surface area contributed by atoms with Crippen molar-refractivity contribution in [3.63, 3.8) is 0 Å². The highest BCUT2D eigenvalue weighted by Gasteiger charge is 2.57. The molecule has 3 heterocycles. The highest BCUT2D eigenvalue weighted by Crippen LogP contribution is 2.50. The molecule has 0 radical (unpaired) electrons. The van der Waals surface area contributed by atoms with Crippen LogP contribution in [0.15, 0.2) is 30.7 Å². The Balaban J connectivity index is 1.26. The molecule has 2 aliphatic carbocycles. The van der Waals surface area contributed by atoms with Crippen LogP contribution in [0.1, 0.15) is 73.4 Å². The first kappa shape index (κ1) is 22.4. The van der Waals surface area contributed by atoms with Crippen LogP contribution in [0.5, 0.6) is 0 Å². The number of nitrogens with one attached hydrogen (secondary N) is 2. The summed E-state index contributed by atoms with van der Waals surface area (Å²) in [7, 11) is 0. The number of aromatic nitrogens is 5. The number of imidazole rings is 1. The van der Waals surface area contributed by atoms with Gasteiger partial charge in [-0.2, -0.15) is 10.2 Å². The van der Waals surface area contributed by atoms with Crippen molar-refractivity contribution in [3.8, 4) is 0 Å².